The number of carboxylic acids is 1. The van der Waals surface area contributed by atoms with Crippen LogP contribution in [-0.4, -0.2) is 44.4 Å². The summed E-state index contributed by atoms with van der Waals surface area (Å²) in [6.07, 6.45) is 3.66. The van der Waals surface area contributed by atoms with Gasteiger partial charge in [0.15, 0.2) is 0 Å². The zero-order valence-corrected chi connectivity index (χ0v) is 22.6. The van der Waals surface area contributed by atoms with Crippen LogP contribution < -0.4 is 20.7 Å². The maximum absolute atomic E-state index is 12.2. The van der Waals surface area contributed by atoms with E-state index in [0.717, 1.165) is 27.9 Å². The Bertz CT molecular complexity index is 1490. The summed E-state index contributed by atoms with van der Waals surface area (Å²) in [6.45, 7) is 5.92. The Hall–Kier alpha value is -3.85. The van der Waals surface area contributed by atoms with E-state index in [1.807, 2.05) is 25.1 Å². The fourth-order valence-electron chi connectivity index (χ4n) is 5.55. The topological polar surface area (TPSA) is 103 Å². The van der Waals surface area contributed by atoms with Gasteiger partial charge in [-0.05, 0) is 61.1 Å². The SMILES string of the molecule is Cc1cc(CN(C(C)c2ccc3c(c2)CCO3)[C@H]2C[C@@H](C(=O)O)C2)ccc1OCCn1c(=O)ccn(C)c1=O. The van der Waals surface area contributed by atoms with Gasteiger partial charge in [0.2, 0.25) is 0 Å². The fraction of sp³-hybridized carbons (Fsp3) is 0.433. The van der Waals surface area contributed by atoms with Crippen LogP contribution >= 0.6 is 0 Å². The van der Waals surface area contributed by atoms with Crippen molar-refractivity contribution in [1.82, 2.24) is 14.0 Å². The molecule has 2 heterocycles. The van der Waals surface area contributed by atoms with E-state index in [-0.39, 0.29) is 42.4 Å². The number of ether oxygens (including phenoxy) is 2. The van der Waals surface area contributed by atoms with Crippen molar-refractivity contribution in [3.8, 4) is 11.5 Å². The first-order chi connectivity index (χ1) is 18.7. The molecular weight excluding hydrogens is 498 g/mol. The van der Waals surface area contributed by atoms with Crippen molar-refractivity contribution < 1.29 is 19.4 Å². The van der Waals surface area contributed by atoms with Crippen LogP contribution in [0.15, 0.2) is 58.3 Å². The number of aliphatic carboxylic acids is 1. The monoisotopic (exact) mass is 533 g/mol. The predicted molar refractivity (Wildman–Crippen MR) is 146 cm³/mol. The van der Waals surface area contributed by atoms with Gasteiger partial charge >= 0.3 is 11.7 Å². The highest BCUT2D eigenvalue weighted by Crippen LogP contribution is 2.39. The highest BCUT2D eigenvalue weighted by molar-refractivity contribution is 5.71. The molecule has 0 spiro atoms. The number of rotatable bonds is 10. The average molecular weight is 534 g/mol. The van der Waals surface area contributed by atoms with Gasteiger partial charge in [-0.2, -0.15) is 0 Å². The molecule has 1 aliphatic heterocycles. The highest BCUT2D eigenvalue weighted by Gasteiger charge is 2.40. The Kier molecular flexibility index (Phi) is 7.61. The minimum absolute atomic E-state index is 0.110. The zero-order chi connectivity index (χ0) is 27.7. The third-order valence-corrected chi connectivity index (χ3v) is 8.04. The number of carboxylic acid groups (broad SMARTS) is 1. The lowest BCUT2D eigenvalue weighted by Crippen LogP contribution is -2.47. The molecule has 9 nitrogen and oxygen atoms in total. The lowest BCUT2D eigenvalue weighted by Gasteiger charge is -2.44. The first-order valence-electron chi connectivity index (χ1n) is 13.4. The van der Waals surface area contributed by atoms with Crippen molar-refractivity contribution in [1.29, 1.82) is 0 Å². The molecule has 2 aromatic carbocycles. The highest BCUT2D eigenvalue weighted by atomic mass is 16.5. The molecule has 1 N–H and O–H groups in total. The number of nitrogens with zero attached hydrogens (tertiary/aromatic N) is 3. The second-order valence-corrected chi connectivity index (χ2v) is 10.6. The minimum atomic E-state index is -0.721. The molecule has 0 saturated heterocycles. The smallest absolute Gasteiger partial charge is 0.330 e. The molecule has 1 aromatic heterocycles. The van der Waals surface area contributed by atoms with Crippen molar-refractivity contribution >= 4 is 5.97 Å². The molecular formula is C30H35N3O6. The molecule has 206 valence electrons. The fourth-order valence-corrected chi connectivity index (χ4v) is 5.55. The predicted octanol–water partition coefficient (Wildman–Crippen LogP) is 3.30. The molecule has 9 heteroatoms. The third kappa shape index (κ3) is 5.63. The van der Waals surface area contributed by atoms with Gasteiger partial charge in [-0.3, -0.25) is 19.1 Å². The quantitative estimate of drug-likeness (QED) is 0.427. The first-order valence-corrected chi connectivity index (χ1v) is 13.4. The molecule has 2 aliphatic rings. The van der Waals surface area contributed by atoms with E-state index in [4.69, 9.17) is 9.47 Å². The van der Waals surface area contributed by atoms with Crippen molar-refractivity contribution in [2.75, 3.05) is 13.2 Å². The summed E-state index contributed by atoms with van der Waals surface area (Å²) >= 11 is 0. The lowest BCUT2D eigenvalue weighted by atomic mass is 9.78. The van der Waals surface area contributed by atoms with E-state index in [1.54, 1.807) is 7.05 Å². The van der Waals surface area contributed by atoms with Crippen molar-refractivity contribution in [3.63, 3.8) is 0 Å². The Morgan fingerprint density at radius 1 is 1.18 bits per heavy atom. The molecule has 1 saturated carbocycles. The Morgan fingerprint density at radius 2 is 1.97 bits per heavy atom. The van der Waals surface area contributed by atoms with E-state index in [1.165, 1.54) is 28.0 Å². The van der Waals surface area contributed by atoms with Crippen LogP contribution in [0.25, 0.3) is 0 Å². The number of hydrogen-bond acceptors (Lipinski definition) is 6. The van der Waals surface area contributed by atoms with Crippen molar-refractivity contribution in [2.45, 2.75) is 58.3 Å². The largest absolute Gasteiger partial charge is 0.493 e. The second-order valence-electron chi connectivity index (χ2n) is 10.6. The van der Waals surface area contributed by atoms with Crippen LogP contribution in [-0.2, 0) is 31.4 Å². The van der Waals surface area contributed by atoms with Gasteiger partial charge < -0.3 is 19.1 Å². The summed E-state index contributed by atoms with van der Waals surface area (Å²) in [5.74, 6) is 0.647. The van der Waals surface area contributed by atoms with Gasteiger partial charge in [-0.15, -0.1) is 0 Å². The van der Waals surface area contributed by atoms with Crippen LogP contribution in [0.5, 0.6) is 11.5 Å². The Balaban J connectivity index is 1.29. The average Bonchev–Trinajstić information content (AvgIpc) is 3.35. The summed E-state index contributed by atoms with van der Waals surface area (Å²) in [5.41, 5.74) is 3.79. The van der Waals surface area contributed by atoms with E-state index >= 15 is 0 Å². The van der Waals surface area contributed by atoms with E-state index in [9.17, 15) is 19.5 Å². The minimum Gasteiger partial charge on any atom is -0.493 e. The van der Waals surface area contributed by atoms with Crippen molar-refractivity contribution in [2.24, 2.45) is 13.0 Å². The first kappa shape index (κ1) is 26.7. The van der Waals surface area contributed by atoms with E-state index in [2.05, 4.69) is 30.0 Å². The number of carbonyl (C=O) groups is 1. The zero-order valence-electron chi connectivity index (χ0n) is 22.6. The van der Waals surface area contributed by atoms with Gasteiger partial charge in [0.1, 0.15) is 18.1 Å². The van der Waals surface area contributed by atoms with Crippen LogP contribution in [0.2, 0.25) is 0 Å². The maximum atomic E-state index is 12.2. The van der Waals surface area contributed by atoms with Crippen LogP contribution in [0.1, 0.15) is 48.1 Å². The molecule has 0 radical (unpaired) electrons. The van der Waals surface area contributed by atoms with Gasteiger partial charge in [0.05, 0.1) is 19.1 Å². The number of fused-ring (bicyclic) bond motifs is 1. The summed E-state index contributed by atoms with van der Waals surface area (Å²) in [7, 11) is 1.61. The molecule has 1 fully saturated rings. The maximum Gasteiger partial charge on any atom is 0.330 e. The molecule has 39 heavy (non-hydrogen) atoms. The molecule has 1 atom stereocenters. The molecule has 0 bridgehead atoms. The van der Waals surface area contributed by atoms with Gasteiger partial charge in [0.25, 0.3) is 5.56 Å². The molecule has 1 aliphatic carbocycles. The molecule has 0 amide bonds. The Morgan fingerprint density at radius 3 is 2.72 bits per heavy atom. The van der Waals surface area contributed by atoms with Gasteiger partial charge in [-0.1, -0.05) is 24.3 Å². The van der Waals surface area contributed by atoms with Gasteiger partial charge in [0, 0.05) is 44.4 Å². The summed E-state index contributed by atoms with van der Waals surface area (Å²) in [6, 6.07) is 14.1. The summed E-state index contributed by atoms with van der Waals surface area (Å²) in [5, 5.41) is 9.45. The third-order valence-electron chi connectivity index (χ3n) is 8.04. The lowest BCUT2D eigenvalue weighted by molar-refractivity contribution is -0.147. The summed E-state index contributed by atoms with van der Waals surface area (Å²) < 4.78 is 14.1. The van der Waals surface area contributed by atoms with Crippen molar-refractivity contribution in [3.05, 3.63) is 91.8 Å². The second kappa shape index (κ2) is 11.1. The molecule has 3 aromatic rings. The van der Waals surface area contributed by atoms with Crippen LogP contribution in [0.4, 0.5) is 0 Å². The van der Waals surface area contributed by atoms with Gasteiger partial charge in [-0.25, -0.2) is 4.79 Å². The van der Waals surface area contributed by atoms with Crippen LogP contribution in [0.3, 0.4) is 0 Å². The van der Waals surface area contributed by atoms with E-state index in [0.29, 0.717) is 31.7 Å². The van der Waals surface area contributed by atoms with E-state index < -0.39 is 5.97 Å². The Labute approximate surface area is 227 Å². The normalized spacial score (nSPS) is 18.8. The number of benzene rings is 2. The summed E-state index contributed by atoms with van der Waals surface area (Å²) in [4.78, 5) is 38.2. The van der Waals surface area contributed by atoms with Crippen LogP contribution in [0, 0.1) is 12.8 Å². The number of hydrogen-bond donors (Lipinski definition) is 1. The number of aryl methyl sites for hydroxylation is 2. The molecule has 5 rings (SSSR count). The molecule has 1 unspecified atom stereocenters. The standard InChI is InChI=1S/C30H35N3O6/c1-19-14-21(4-6-26(19)39-13-11-32-28(34)8-10-31(3)30(32)37)18-33(25-16-24(17-25)29(35)36)20(2)22-5-7-27-23(15-22)9-12-38-27/h4-8,10,14-15,20,24-25H,9,11-13,16-18H2,1-3H3,(H,35,36)/t20?,24-,25+. The number of aromatic nitrogens is 2.